The van der Waals surface area contributed by atoms with Crippen molar-refractivity contribution in [3.63, 3.8) is 0 Å². The summed E-state index contributed by atoms with van der Waals surface area (Å²) < 4.78 is 5.71. The predicted octanol–water partition coefficient (Wildman–Crippen LogP) is 2.65. The molecule has 1 atom stereocenters. The normalized spacial score (nSPS) is 12.4. The molecule has 0 aromatic carbocycles. The second-order valence-corrected chi connectivity index (χ2v) is 6.55. The van der Waals surface area contributed by atoms with Crippen LogP contribution in [0.3, 0.4) is 0 Å². The molecule has 1 amide bonds. The van der Waals surface area contributed by atoms with Crippen LogP contribution < -0.4 is 5.32 Å². The third-order valence-electron chi connectivity index (χ3n) is 2.29. The Morgan fingerprint density at radius 2 is 2.32 bits per heavy atom. The number of anilines is 1. The number of carbonyl (C=O) groups is 1. The van der Waals surface area contributed by atoms with E-state index in [1.807, 2.05) is 13.8 Å². The van der Waals surface area contributed by atoms with Crippen LogP contribution in [0, 0.1) is 13.8 Å². The van der Waals surface area contributed by atoms with Crippen LogP contribution in [0.25, 0.3) is 0 Å². The number of aromatic nitrogens is 3. The van der Waals surface area contributed by atoms with Gasteiger partial charge in [-0.3, -0.25) is 4.79 Å². The van der Waals surface area contributed by atoms with Crippen molar-refractivity contribution in [3.8, 4) is 0 Å². The summed E-state index contributed by atoms with van der Waals surface area (Å²) in [4.78, 5) is 12.1. The summed E-state index contributed by atoms with van der Waals surface area (Å²) in [6.45, 7) is 5.62. The van der Waals surface area contributed by atoms with Crippen LogP contribution in [0.1, 0.15) is 24.1 Å². The van der Waals surface area contributed by atoms with Crippen LogP contribution in [0.2, 0.25) is 0 Å². The summed E-state index contributed by atoms with van der Waals surface area (Å²) in [7, 11) is 0. The molecule has 0 saturated heterocycles. The third-order valence-corrected chi connectivity index (χ3v) is 4.58. The zero-order valence-corrected chi connectivity index (χ0v) is 12.5. The van der Waals surface area contributed by atoms with Crippen molar-refractivity contribution in [3.05, 3.63) is 16.8 Å². The lowest BCUT2D eigenvalue weighted by Gasteiger charge is -2.10. The van der Waals surface area contributed by atoms with Crippen LogP contribution in [0.4, 0.5) is 5.82 Å². The summed E-state index contributed by atoms with van der Waals surface area (Å²) in [5.41, 5.74) is 0. The van der Waals surface area contributed by atoms with Crippen molar-refractivity contribution in [2.75, 3.05) is 5.32 Å². The summed E-state index contributed by atoms with van der Waals surface area (Å²) in [5, 5.41) is 15.1. The SMILES string of the molecule is CCC(Sc1nnc(C)s1)C(=O)Nc1cc(C)on1. The number of thioether (sulfide) groups is 1. The Bertz CT molecular complexity index is 567. The van der Waals surface area contributed by atoms with Crippen molar-refractivity contribution in [2.24, 2.45) is 0 Å². The lowest BCUT2D eigenvalue weighted by atomic mass is 10.3. The van der Waals surface area contributed by atoms with Crippen LogP contribution in [-0.2, 0) is 4.79 Å². The number of hydrogen-bond donors (Lipinski definition) is 1. The van der Waals surface area contributed by atoms with E-state index in [1.54, 1.807) is 13.0 Å². The lowest BCUT2D eigenvalue weighted by Crippen LogP contribution is -2.24. The van der Waals surface area contributed by atoms with Crippen molar-refractivity contribution < 1.29 is 9.32 Å². The topological polar surface area (TPSA) is 80.9 Å². The van der Waals surface area contributed by atoms with Gasteiger partial charge in [0.25, 0.3) is 0 Å². The largest absolute Gasteiger partial charge is 0.360 e. The van der Waals surface area contributed by atoms with Crippen molar-refractivity contribution in [1.29, 1.82) is 0 Å². The van der Waals surface area contributed by atoms with Gasteiger partial charge in [-0.25, -0.2) is 0 Å². The van der Waals surface area contributed by atoms with Gasteiger partial charge < -0.3 is 9.84 Å². The maximum atomic E-state index is 12.1. The summed E-state index contributed by atoms with van der Waals surface area (Å²) in [6, 6.07) is 1.68. The second kappa shape index (κ2) is 6.16. The molecule has 0 saturated carbocycles. The zero-order valence-electron chi connectivity index (χ0n) is 10.8. The first kappa shape index (κ1) is 14.0. The fraction of sp³-hybridized carbons (Fsp3) is 0.455. The number of rotatable bonds is 5. The Hall–Kier alpha value is -1.41. The maximum Gasteiger partial charge on any atom is 0.239 e. The van der Waals surface area contributed by atoms with Gasteiger partial charge >= 0.3 is 0 Å². The molecule has 2 aromatic heterocycles. The van der Waals surface area contributed by atoms with Gasteiger partial charge in [0.15, 0.2) is 10.2 Å². The van der Waals surface area contributed by atoms with Crippen LogP contribution >= 0.6 is 23.1 Å². The van der Waals surface area contributed by atoms with Gasteiger partial charge in [0.1, 0.15) is 10.8 Å². The first-order valence-electron chi connectivity index (χ1n) is 5.79. The van der Waals surface area contributed by atoms with Crippen LogP contribution in [-0.4, -0.2) is 26.5 Å². The Morgan fingerprint density at radius 3 is 2.84 bits per heavy atom. The minimum atomic E-state index is -0.218. The minimum absolute atomic E-state index is 0.103. The highest BCUT2D eigenvalue weighted by Crippen LogP contribution is 2.28. The van der Waals surface area contributed by atoms with E-state index in [9.17, 15) is 4.79 Å². The van der Waals surface area contributed by atoms with Gasteiger partial charge in [-0.05, 0) is 20.3 Å². The Balaban J connectivity index is 1.98. The van der Waals surface area contributed by atoms with Crippen molar-refractivity contribution in [1.82, 2.24) is 15.4 Å². The van der Waals surface area contributed by atoms with Crippen molar-refractivity contribution >= 4 is 34.8 Å². The lowest BCUT2D eigenvalue weighted by molar-refractivity contribution is -0.115. The Labute approximate surface area is 119 Å². The van der Waals surface area contributed by atoms with Gasteiger partial charge in [0.2, 0.25) is 5.91 Å². The van der Waals surface area contributed by atoms with Crippen LogP contribution in [0.15, 0.2) is 14.9 Å². The van der Waals surface area contributed by atoms with E-state index in [4.69, 9.17) is 4.52 Å². The molecule has 0 aliphatic carbocycles. The second-order valence-electron chi connectivity index (χ2n) is 3.91. The molecule has 2 rings (SSSR count). The minimum Gasteiger partial charge on any atom is -0.360 e. The Morgan fingerprint density at radius 1 is 1.53 bits per heavy atom. The molecule has 2 heterocycles. The molecule has 102 valence electrons. The van der Waals surface area contributed by atoms with Crippen molar-refractivity contribution in [2.45, 2.75) is 36.8 Å². The first-order valence-corrected chi connectivity index (χ1v) is 7.49. The molecule has 0 radical (unpaired) electrons. The highest BCUT2D eigenvalue weighted by Gasteiger charge is 2.20. The quantitative estimate of drug-likeness (QED) is 0.855. The average Bonchev–Trinajstić information content (AvgIpc) is 2.95. The average molecular weight is 298 g/mol. The number of nitrogens with one attached hydrogen (secondary N) is 1. The standard InChI is InChI=1S/C11H14N4O2S2/c1-4-8(19-11-14-13-7(3)18-11)10(16)12-9-5-6(2)17-15-9/h5,8H,4H2,1-3H3,(H,12,15,16). The van der Waals surface area contributed by atoms with Crippen LogP contribution in [0.5, 0.6) is 0 Å². The van der Waals surface area contributed by atoms with Gasteiger partial charge in [-0.1, -0.05) is 35.2 Å². The number of carbonyl (C=O) groups excluding carboxylic acids is 1. The highest BCUT2D eigenvalue weighted by molar-refractivity contribution is 8.02. The Kier molecular flexibility index (Phi) is 4.54. The molecule has 0 bridgehead atoms. The van der Waals surface area contributed by atoms with Gasteiger partial charge in [0, 0.05) is 6.07 Å². The van der Waals surface area contributed by atoms with E-state index in [1.165, 1.54) is 23.1 Å². The first-order chi connectivity index (χ1) is 9.08. The molecule has 0 spiro atoms. The van der Waals surface area contributed by atoms with E-state index < -0.39 is 0 Å². The number of nitrogens with zero attached hydrogens (tertiary/aromatic N) is 3. The zero-order chi connectivity index (χ0) is 13.8. The molecular formula is C11H14N4O2S2. The molecule has 8 heteroatoms. The molecule has 6 nitrogen and oxygen atoms in total. The molecule has 2 aromatic rings. The maximum absolute atomic E-state index is 12.1. The van der Waals surface area contributed by atoms with Gasteiger partial charge in [-0.2, -0.15) is 0 Å². The molecular weight excluding hydrogens is 284 g/mol. The number of hydrogen-bond acceptors (Lipinski definition) is 7. The van der Waals surface area contributed by atoms with E-state index >= 15 is 0 Å². The molecule has 0 aliphatic rings. The van der Waals surface area contributed by atoms with E-state index in [2.05, 4.69) is 20.7 Å². The smallest absolute Gasteiger partial charge is 0.239 e. The van der Waals surface area contributed by atoms with E-state index in [-0.39, 0.29) is 11.2 Å². The molecule has 1 unspecified atom stereocenters. The van der Waals surface area contributed by atoms with E-state index in [0.29, 0.717) is 18.0 Å². The van der Waals surface area contributed by atoms with E-state index in [0.717, 1.165) is 9.35 Å². The van der Waals surface area contributed by atoms with Gasteiger partial charge in [-0.15, -0.1) is 10.2 Å². The molecule has 1 N–H and O–H groups in total. The fourth-order valence-corrected chi connectivity index (χ4v) is 3.38. The summed E-state index contributed by atoms with van der Waals surface area (Å²) in [6.07, 6.45) is 0.700. The fourth-order valence-electron chi connectivity index (χ4n) is 1.40. The number of aryl methyl sites for hydroxylation is 2. The third kappa shape index (κ3) is 3.77. The molecule has 19 heavy (non-hydrogen) atoms. The van der Waals surface area contributed by atoms with Gasteiger partial charge in [0.05, 0.1) is 5.25 Å². The molecule has 0 fully saturated rings. The summed E-state index contributed by atoms with van der Waals surface area (Å²) >= 11 is 2.90. The number of amides is 1. The summed E-state index contributed by atoms with van der Waals surface area (Å²) in [5.74, 6) is 0.999. The monoisotopic (exact) mass is 298 g/mol. The highest BCUT2D eigenvalue weighted by atomic mass is 32.2. The molecule has 0 aliphatic heterocycles. The predicted molar refractivity (Wildman–Crippen MR) is 74.5 cm³/mol.